The van der Waals surface area contributed by atoms with E-state index in [0.717, 1.165) is 40.5 Å². The molecular formula is C21H21FN6S. The summed E-state index contributed by atoms with van der Waals surface area (Å²) in [6.45, 7) is 5.30. The van der Waals surface area contributed by atoms with E-state index in [9.17, 15) is 4.39 Å². The van der Waals surface area contributed by atoms with Crippen LogP contribution in [0.15, 0.2) is 49.1 Å². The zero-order chi connectivity index (χ0) is 20.2. The fourth-order valence-corrected chi connectivity index (χ4v) is 4.88. The smallest absolute Gasteiger partial charge is 0.197 e. The molecule has 0 spiro atoms. The first kappa shape index (κ1) is 18.1. The van der Waals surface area contributed by atoms with Crippen molar-refractivity contribution >= 4 is 33.2 Å². The Morgan fingerprint density at radius 3 is 2.83 bits per heavy atom. The molecule has 4 aromatic rings. The highest BCUT2D eigenvalue weighted by Gasteiger charge is 2.39. The van der Waals surface area contributed by atoms with E-state index in [1.807, 2.05) is 22.9 Å². The standard InChI is InChI=1S/C21H21FN6S/c1-21(2)9-16(13-4-3-5-14(22)8-13)28(11-21)19-15-6-7-27(18(15)25-12-26-19)20-24-10-17(23)29-20/h3-8,10,12,16H,9,11,23H2,1-2H3. The van der Waals surface area contributed by atoms with Crippen LogP contribution < -0.4 is 10.6 Å². The Balaban J connectivity index is 1.63. The zero-order valence-corrected chi connectivity index (χ0v) is 17.0. The first-order valence-electron chi connectivity index (χ1n) is 9.47. The van der Waals surface area contributed by atoms with Crippen LogP contribution in [0.1, 0.15) is 31.9 Å². The lowest BCUT2D eigenvalue weighted by molar-refractivity contribution is 0.404. The minimum absolute atomic E-state index is 0.0534. The summed E-state index contributed by atoms with van der Waals surface area (Å²) < 4.78 is 15.9. The molecule has 1 atom stereocenters. The molecular weight excluding hydrogens is 387 g/mol. The first-order chi connectivity index (χ1) is 13.9. The molecule has 148 valence electrons. The van der Waals surface area contributed by atoms with Gasteiger partial charge in [0.2, 0.25) is 0 Å². The number of hydrogen-bond donors (Lipinski definition) is 1. The van der Waals surface area contributed by atoms with Gasteiger partial charge >= 0.3 is 0 Å². The maximum absolute atomic E-state index is 13.9. The number of fused-ring (bicyclic) bond motifs is 1. The lowest BCUT2D eigenvalue weighted by Gasteiger charge is -2.26. The minimum Gasteiger partial charge on any atom is -0.389 e. The summed E-state index contributed by atoms with van der Waals surface area (Å²) in [4.78, 5) is 15.8. The Kier molecular flexibility index (Phi) is 4.06. The van der Waals surface area contributed by atoms with E-state index in [4.69, 9.17) is 5.73 Å². The van der Waals surface area contributed by atoms with Crippen molar-refractivity contribution in [3.63, 3.8) is 0 Å². The largest absolute Gasteiger partial charge is 0.389 e. The molecule has 0 radical (unpaired) electrons. The fraction of sp³-hybridized carbons (Fsp3) is 0.286. The lowest BCUT2D eigenvalue weighted by atomic mass is 9.89. The second kappa shape index (κ2) is 6.52. The SMILES string of the molecule is CC1(C)CC(c2cccc(F)c2)N(c2ncnc3c2ccn3-c2ncc(N)s2)C1. The average Bonchev–Trinajstić information content (AvgIpc) is 3.37. The second-order valence-corrected chi connectivity index (χ2v) is 9.27. The Bertz CT molecular complexity index is 1200. The highest BCUT2D eigenvalue weighted by atomic mass is 32.1. The summed E-state index contributed by atoms with van der Waals surface area (Å²) in [5.74, 6) is 0.644. The number of nitrogen functional groups attached to an aromatic ring is 1. The molecule has 1 aliphatic heterocycles. The van der Waals surface area contributed by atoms with E-state index in [1.54, 1.807) is 24.7 Å². The van der Waals surface area contributed by atoms with Crippen molar-refractivity contribution in [3.05, 3.63) is 60.4 Å². The predicted octanol–water partition coefficient (Wildman–Crippen LogP) is 4.58. The first-order valence-corrected chi connectivity index (χ1v) is 10.3. The number of nitrogens with zero attached hydrogens (tertiary/aromatic N) is 5. The molecule has 29 heavy (non-hydrogen) atoms. The van der Waals surface area contributed by atoms with Crippen LogP contribution in [-0.2, 0) is 0 Å². The van der Waals surface area contributed by atoms with Gasteiger partial charge in [0.05, 0.1) is 17.6 Å². The van der Waals surface area contributed by atoms with Gasteiger partial charge in [-0.05, 0) is 35.6 Å². The Morgan fingerprint density at radius 1 is 1.21 bits per heavy atom. The molecule has 2 N–H and O–H groups in total. The summed E-state index contributed by atoms with van der Waals surface area (Å²) in [5.41, 5.74) is 7.69. The van der Waals surface area contributed by atoms with Gasteiger partial charge in [-0.15, -0.1) is 0 Å². The normalized spacial score (nSPS) is 18.6. The summed E-state index contributed by atoms with van der Waals surface area (Å²) >= 11 is 1.41. The van der Waals surface area contributed by atoms with Gasteiger partial charge < -0.3 is 10.6 Å². The van der Waals surface area contributed by atoms with Gasteiger partial charge in [-0.3, -0.25) is 4.57 Å². The van der Waals surface area contributed by atoms with Crippen LogP contribution in [0.3, 0.4) is 0 Å². The molecule has 4 heterocycles. The van der Waals surface area contributed by atoms with Crippen molar-refractivity contribution in [3.8, 4) is 5.13 Å². The molecule has 1 unspecified atom stereocenters. The van der Waals surface area contributed by atoms with Crippen LogP contribution >= 0.6 is 11.3 Å². The van der Waals surface area contributed by atoms with Crippen LogP contribution in [0.4, 0.5) is 15.2 Å². The van der Waals surface area contributed by atoms with E-state index in [0.29, 0.717) is 5.00 Å². The molecule has 0 aliphatic carbocycles. The van der Waals surface area contributed by atoms with Crippen molar-refractivity contribution in [2.45, 2.75) is 26.3 Å². The van der Waals surface area contributed by atoms with Gasteiger partial charge in [-0.2, -0.15) is 0 Å². The Morgan fingerprint density at radius 2 is 2.07 bits per heavy atom. The molecule has 1 saturated heterocycles. The van der Waals surface area contributed by atoms with Gasteiger partial charge in [0.15, 0.2) is 10.8 Å². The predicted molar refractivity (Wildman–Crippen MR) is 114 cm³/mol. The molecule has 0 bridgehead atoms. The number of thiazole rings is 1. The topological polar surface area (TPSA) is 72.9 Å². The monoisotopic (exact) mass is 408 g/mol. The molecule has 3 aromatic heterocycles. The van der Waals surface area contributed by atoms with Crippen molar-refractivity contribution < 1.29 is 4.39 Å². The molecule has 5 rings (SSSR count). The van der Waals surface area contributed by atoms with Gasteiger partial charge in [-0.25, -0.2) is 19.3 Å². The fourth-order valence-electron chi connectivity index (χ4n) is 4.21. The van der Waals surface area contributed by atoms with Crippen molar-refractivity contribution in [2.24, 2.45) is 5.41 Å². The second-order valence-electron chi connectivity index (χ2n) is 8.23. The number of nitrogens with two attached hydrogens (primary N) is 1. The van der Waals surface area contributed by atoms with E-state index in [-0.39, 0.29) is 17.3 Å². The number of aromatic nitrogens is 4. The van der Waals surface area contributed by atoms with Crippen molar-refractivity contribution in [1.82, 2.24) is 19.5 Å². The van der Waals surface area contributed by atoms with Gasteiger partial charge in [0.25, 0.3) is 0 Å². The maximum atomic E-state index is 13.9. The quantitative estimate of drug-likeness (QED) is 0.537. The van der Waals surface area contributed by atoms with Gasteiger partial charge in [0.1, 0.15) is 23.0 Å². The van der Waals surface area contributed by atoms with Gasteiger partial charge in [0, 0.05) is 12.7 Å². The number of hydrogen-bond acceptors (Lipinski definition) is 6. The molecule has 0 saturated carbocycles. The summed E-state index contributed by atoms with van der Waals surface area (Å²) in [5, 5.41) is 2.37. The molecule has 6 nitrogen and oxygen atoms in total. The van der Waals surface area contributed by atoms with E-state index in [1.165, 1.54) is 17.4 Å². The highest BCUT2D eigenvalue weighted by Crippen LogP contribution is 2.46. The van der Waals surface area contributed by atoms with Crippen LogP contribution in [0.25, 0.3) is 16.2 Å². The molecule has 8 heteroatoms. The van der Waals surface area contributed by atoms with E-state index >= 15 is 0 Å². The molecule has 1 aliphatic rings. The highest BCUT2D eigenvalue weighted by molar-refractivity contribution is 7.17. The van der Waals surface area contributed by atoms with Crippen LogP contribution in [0.2, 0.25) is 0 Å². The molecule has 0 amide bonds. The number of halogens is 1. The zero-order valence-electron chi connectivity index (χ0n) is 16.2. The minimum atomic E-state index is -0.215. The summed E-state index contributed by atoms with van der Waals surface area (Å²) in [6.07, 6.45) is 6.10. The van der Waals surface area contributed by atoms with Crippen LogP contribution in [0.5, 0.6) is 0 Å². The Labute approximate surface area is 171 Å². The van der Waals surface area contributed by atoms with E-state index < -0.39 is 0 Å². The van der Waals surface area contributed by atoms with Crippen LogP contribution in [0, 0.1) is 11.2 Å². The van der Waals surface area contributed by atoms with Crippen molar-refractivity contribution in [2.75, 3.05) is 17.2 Å². The van der Waals surface area contributed by atoms with Crippen LogP contribution in [-0.4, -0.2) is 26.1 Å². The van der Waals surface area contributed by atoms with Crippen molar-refractivity contribution in [1.29, 1.82) is 0 Å². The third kappa shape index (κ3) is 3.13. The molecule has 1 fully saturated rings. The number of rotatable bonds is 3. The third-order valence-corrected chi connectivity index (χ3v) is 6.23. The molecule has 1 aromatic carbocycles. The summed E-state index contributed by atoms with van der Waals surface area (Å²) in [7, 11) is 0. The number of anilines is 2. The van der Waals surface area contributed by atoms with E-state index in [2.05, 4.69) is 33.7 Å². The number of benzene rings is 1. The average molecular weight is 409 g/mol. The lowest BCUT2D eigenvalue weighted by Crippen LogP contribution is -2.26. The summed E-state index contributed by atoms with van der Waals surface area (Å²) in [6, 6.07) is 8.93. The Hall–Kier alpha value is -3.00. The maximum Gasteiger partial charge on any atom is 0.197 e. The van der Waals surface area contributed by atoms with Gasteiger partial charge in [-0.1, -0.05) is 37.3 Å². The third-order valence-electron chi connectivity index (χ3n) is 5.40.